The standard InChI is InChI=1S/C18H37N5O4S.HI/c1-4-19-18(20-5-6-21-11-13-26-14-12-21)22-7-9-23(10-8-22)28(24,25)16-15-27-17(2)3;/h17H,4-16H2,1-3H3,(H,19,20);1H. The lowest BCUT2D eigenvalue weighted by Crippen LogP contribution is -2.54. The molecule has 1 N–H and O–H groups in total. The molecule has 0 aromatic heterocycles. The van der Waals surface area contributed by atoms with Crippen molar-refractivity contribution >= 4 is 40.0 Å². The molecule has 2 fully saturated rings. The molecule has 11 heteroatoms. The molecule has 0 atom stereocenters. The monoisotopic (exact) mass is 547 g/mol. The van der Waals surface area contributed by atoms with Gasteiger partial charge in [-0.25, -0.2) is 8.42 Å². The van der Waals surface area contributed by atoms with Crippen LogP contribution >= 0.6 is 24.0 Å². The van der Waals surface area contributed by atoms with Gasteiger partial charge in [0.1, 0.15) is 0 Å². The van der Waals surface area contributed by atoms with E-state index in [2.05, 4.69) is 15.1 Å². The van der Waals surface area contributed by atoms with Gasteiger partial charge in [0.05, 0.1) is 38.2 Å². The summed E-state index contributed by atoms with van der Waals surface area (Å²) in [4.78, 5) is 9.26. The quantitative estimate of drug-likeness (QED) is 0.252. The number of hydrogen-bond donors (Lipinski definition) is 1. The van der Waals surface area contributed by atoms with E-state index < -0.39 is 10.0 Å². The Morgan fingerprint density at radius 1 is 1.14 bits per heavy atom. The number of guanidine groups is 1. The van der Waals surface area contributed by atoms with Crippen LogP contribution in [0.3, 0.4) is 0 Å². The van der Waals surface area contributed by atoms with E-state index in [1.54, 1.807) is 4.31 Å². The molecule has 0 aliphatic carbocycles. The minimum Gasteiger partial charge on any atom is -0.379 e. The third-order valence-electron chi connectivity index (χ3n) is 4.84. The summed E-state index contributed by atoms with van der Waals surface area (Å²) >= 11 is 0. The number of morpholine rings is 1. The van der Waals surface area contributed by atoms with Crippen LogP contribution in [0.25, 0.3) is 0 Å². The molecule has 0 bridgehead atoms. The van der Waals surface area contributed by atoms with Gasteiger partial charge in [0.25, 0.3) is 0 Å². The normalized spacial score (nSPS) is 20.0. The lowest BCUT2D eigenvalue weighted by molar-refractivity contribution is 0.0394. The first kappa shape index (κ1) is 26.8. The van der Waals surface area contributed by atoms with Crippen molar-refractivity contribution in [2.75, 3.05) is 84.5 Å². The lowest BCUT2D eigenvalue weighted by atomic mass is 10.4. The second-order valence-corrected chi connectivity index (χ2v) is 9.40. The fraction of sp³-hybridized carbons (Fsp3) is 0.944. The highest BCUT2D eigenvalue weighted by Gasteiger charge is 2.28. The first-order valence-corrected chi connectivity index (χ1v) is 12.0. The molecule has 2 rings (SSSR count). The summed E-state index contributed by atoms with van der Waals surface area (Å²) in [6, 6.07) is 0. The number of hydrogen-bond acceptors (Lipinski definition) is 6. The van der Waals surface area contributed by atoms with Crippen LogP contribution in [0.2, 0.25) is 0 Å². The molecule has 0 radical (unpaired) electrons. The Balaban J connectivity index is 0.00000420. The van der Waals surface area contributed by atoms with Crippen LogP contribution in [-0.2, 0) is 19.5 Å². The van der Waals surface area contributed by atoms with E-state index in [4.69, 9.17) is 14.5 Å². The zero-order valence-corrected chi connectivity index (χ0v) is 21.2. The topological polar surface area (TPSA) is 86.7 Å². The first-order chi connectivity index (χ1) is 13.4. The van der Waals surface area contributed by atoms with Gasteiger partial charge in [0.15, 0.2) is 5.96 Å². The first-order valence-electron chi connectivity index (χ1n) is 10.3. The van der Waals surface area contributed by atoms with E-state index in [1.165, 1.54) is 0 Å². The van der Waals surface area contributed by atoms with Crippen molar-refractivity contribution in [3.63, 3.8) is 0 Å². The van der Waals surface area contributed by atoms with Crippen LogP contribution in [0.4, 0.5) is 0 Å². The maximum absolute atomic E-state index is 12.5. The molecule has 0 spiro atoms. The Labute approximate surface area is 193 Å². The molecule has 0 aromatic rings. The number of piperazine rings is 1. The molecule has 2 heterocycles. The highest BCUT2D eigenvalue weighted by molar-refractivity contribution is 14.0. The van der Waals surface area contributed by atoms with Crippen molar-refractivity contribution < 1.29 is 17.9 Å². The van der Waals surface area contributed by atoms with Crippen molar-refractivity contribution in [1.29, 1.82) is 0 Å². The van der Waals surface area contributed by atoms with Crippen LogP contribution < -0.4 is 5.32 Å². The summed E-state index contributed by atoms with van der Waals surface area (Å²) in [5, 5.41) is 3.34. The van der Waals surface area contributed by atoms with Crippen molar-refractivity contribution in [2.24, 2.45) is 4.99 Å². The number of ether oxygens (including phenoxy) is 2. The van der Waals surface area contributed by atoms with E-state index in [0.29, 0.717) is 26.2 Å². The minimum atomic E-state index is -3.27. The zero-order valence-electron chi connectivity index (χ0n) is 18.0. The second-order valence-electron chi connectivity index (χ2n) is 7.31. The van der Waals surface area contributed by atoms with Crippen LogP contribution in [0.15, 0.2) is 4.99 Å². The molecule has 172 valence electrons. The fourth-order valence-corrected chi connectivity index (χ4v) is 4.53. The van der Waals surface area contributed by atoms with Gasteiger partial charge in [-0.15, -0.1) is 24.0 Å². The van der Waals surface area contributed by atoms with Gasteiger partial charge in [-0.3, -0.25) is 9.89 Å². The van der Waals surface area contributed by atoms with Gasteiger partial charge >= 0.3 is 0 Å². The number of rotatable bonds is 9. The Morgan fingerprint density at radius 3 is 2.38 bits per heavy atom. The number of sulfonamides is 1. The molecule has 2 aliphatic rings. The lowest BCUT2D eigenvalue weighted by Gasteiger charge is -2.36. The summed E-state index contributed by atoms with van der Waals surface area (Å²) in [6.45, 7) is 14.3. The number of nitrogens with zero attached hydrogens (tertiary/aromatic N) is 4. The maximum Gasteiger partial charge on any atom is 0.216 e. The summed E-state index contributed by atoms with van der Waals surface area (Å²) < 4.78 is 37.3. The molecule has 2 aliphatic heterocycles. The SMILES string of the molecule is CCNC(=NCCN1CCOCC1)N1CCN(S(=O)(=O)CCOC(C)C)CC1.I. The van der Waals surface area contributed by atoms with Crippen molar-refractivity contribution in [1.82, 2.24) is 19.4 Å². The minimum absolute atomic E-state index is 0. The zero-order chi connectivity index (χ0) is 20.4. The molecule has 9 nitrogen and oxygen atoms in total. The molecule has 0 unspecified atom stereocenters. The van der Waals surface area contributed by atoms with Gasteiger partial charge in [-0.05, 0) is 20.8 Å². The van der Waals surface area contributed by atoms with Gasteiger partial charge in [0, 0.05) is 52.4 Å². The molecule has 0 amide bonds. The number of halogens is 1. The Morgan fingerprint density at radius 2 is 1.79 bits per heavy atom. The van der Waals surface area contributed by atoms with E-state index in [-0.39, 0.29) is 42.4 Å². The van der Waals surface area contributed by atoms with Crippen molar-refractivity contribution in [3.05, 3.63) is 0 Å². The second kappa shape index (κ2) is 14.0. The molecule has 0 aromatic carbocycles. The van der Waals surface area contributed by atoms with E-state index in [0.717, 1.165) is 51.9 Å². The van der Waals surface area contributed by atoms with Gasteiger partial charge in [-0.1, -0.05) is 0 Å². The van der Waals surface area contributed by atoms with Crippen LogP contribution in [0, 0.1) is 0 Å². The van der Waals surface area contributed by atoms with Crippen molar-refractivity contribution in [3.8, 4) is 0 Å². The summed E-state index contributed by atoms with van der Waals surface area (Å²) in [7, 11) is -3.27. The molecule has 2 saturated heterocycles. The highest BCUT2D eigenvalue weighted by atomic mass is 127. The van der Waals surface area contributed by atoms with E-state index in [9.17, 15) is 8.42 Å². The smallest absolute Gasteiger partial charge is 0.216 e. The van der Waals surface area contributed by atoms with Gasteiger partial charge < -0.3 is 19.7 Å². The van der Waals surface area contributed by atoms with Gasteiger partial charge in [-0.2, -0.15) is 4.31 Å². The summed E-state index contributed by atoms with van der Waals surface area (Å²) in [6.07, 6.45) is 0.0448. The predicted molar refractivity (Wildman–Crippen MR) is 127 cm³/mol. The number of nitrogens with one attached hydrogen (secondary N) is 1. The molecular formula is C18H38IN5O4S. The van der Waals surface area contributed by atoms with Crippen LogP contribution in [-0.4, -0.2) is 119 Å². The Kier molecular flexibility index (Phi) is 12.9. The molecule has 29 heavy (non-hydrogen) atoms. The third kappa shape index (κ3) is 9.64. The average Bonchev–Trinajstić information content (AvgIpc) is 2.68. The predicted octanol–water partition coefficient (Wildman–Crippen LogP) is 0.275. The van der Waals surface area contributed by atoms with E-state index in [1.807, 2.05) is 20.8 Å². The summed E-state index contributed by atoms with van der Waals surface area (Å²) in [5.41, 5.74) is 0. The summed E-state index contributed by atoms with van der Waals surface area (Å²) in [5.74, 6) is 0.912. The maximum atomic E-state index is 12.5. The van der Waals surface area contributed by atoms with Crippen LogP contribution in [0.1, 0.15) is 20.8 Å². The largest absolute Gasteiger partial charge is 0.379 e. The van der Waals surface area contributed by atoms with E-state index >= 15 is 0 Å². The Bertz CT molecular complexity index is 577. The fourth-order valence-electron chi connectivity index (χ4n) is 3.24. The van der Waals surface area contributed by atoms with Crippen LogP contribution in [0.5, 0.6) is 0 Å². The average molecular weight is 548 g/mol. The third-order valence-corrected chi connectivity index (χ3v) is 6.67. The number of aliphatic imine (C=N–C) groups is 1. The van der Waals surface area contributed by atoms with Crippen molar-refractivity contribution in [2.45, 2.75) is 26.9 Å². The molecule has 0 saturated carbocycles. The molecular weight excluding hydrogens is 509 g/mol. The van der Waals surface area contributed by atoms with Gasteiger partial charge in [0.2, 0.25) is 10.0 Å². The Hall–Kier alpha value is -0.210. The highest BCUT2D eigenvalue weighted by Crippen LogP contribution is 2.09.